The summed E-state index contributed by atoms with van der Waals surface area (Å²) in [4.78, 5) is 15.5. The van der Waals surface area contributed by atoms with Crippen LogP contribution in [0.25, 0.3) is 0 Å². The zero-order chi connectivity index (χ0) is 14.0. The Labute approximate surface area is 109 Å². The summed E-state index contributed by atoms with van der Waals surface area (Å²) < 4.78 is 18.8. The molecule has 1 rings (SSSR count). The van der Waals surface area contributed by atoms with Gasteiger partial charge in [-0.1, -0.05) is 0 Å². The molecule has 0 saturated carbocycles. The van der Waals surface area contributed by atoms with Crippen molar-refractivity contribution in [3.05, 3.63) is 0 Å². The number of carbonyl (C=O) groups is 1. The highest BCUT2D eigenvalue weighted by Gasteiger charge is 2.28. The van der Waals surface area contributed by atoms with Gasteiger partial charge in [0.15, 0.2) is 0 Å². The summed E-state index contributed by atoms with van der Waals surface area (Å²) in [5, 5.41) is 0. The zero-order valence-corrected chi connectivity index (χ0v) is 12.1. The van der Waals surface area contributed by atoms with E-state index in [9.17, 15) is 9.18 Å². The Morgan fingerprint density at radius 3 is 2.00 bits per heavy atom. The molecular formula is C13H25FN2O2. The van der Waals surface area contributed by atoms with Gasteiger partial charge in [-0.3, -0.25) is 4.90 Å². The van der Waals surface area contributed by atoms with Crippen molar-refractivity contribution >= 4 is 6.09 Å². The van der Waals surface area contributed by atoms with E-state index >= 15 is 0 Å². The van der Waals surface area contributed by atoms with E-state index in [2.05, 4.69) is 0 Å². The molecule has 0 aromatic rings. The van der Waals surface area contributed by atoms with Gasteiger partial charge in [-0.15, -0.1) is 0 Å². The van der Waals surface area contributed by atoms with Gasteiger partial charge in [0.05, 0.1) is 0 Å². The molecule has 0 aromatic carbocycles. The van der Waals surface area contributed by atoms with E-state index in [1.54, 1.807) is 18.7 Å². The number of hydrogen-bond acceptors (Lipinski definition) is 3. The molecule has 0 aliphatic carbocycles. The molecule has 0 radical (unpaired) electrons. The molecule has 0 unspecified atom stereocenters. The first-order chi connectivity index (χ1) is 8.07. The highest BCUT2D eigenvalue weighted by atomic mass is 19.1. The number of ether oxygens (including phenoxy) is 1. The monoisotopic (exact) mass is 260 g/mol. The van der Waals surface area contributed by atoms with Crippen molar-refractivity contribution < 1.29 is 13.9 Å². The van der Waals surface area contributed by atoms with E-state index in [0.717, 1.165) is 0 Å². The topological polar surface area (TPSA) is 32.8 Å². The van der Waals surface area contributed by atoms with E-state index < -0.39 is 11.3 Å². The highest BCUT2D eigenvalue weighted by Crippen LogP contribution is 2.15. The maximum atomic E-state index is 13.5. The Hall–Kier alpha value is -0.840. The van der Waals surface area contributed by atoms with Crippen molar-refractivity contribution in [3.63, 3.8) is 0 Å². The van der Waals surface area contributed by atoms with Crippen molar-refractivity contribution in [1.29, 1.82) is 0 Å². The molecule has 1 heterocycles. The average molecular weight is 260 g/mol. The summed E-state index contributed by atoms with van der Waals surface area (Å²) in [5.74, 6) is 0. The quantitative estimate of drug-likeness (QED) is 0.763. The molecule has 0 N–H and O–H groups in total. The van der Waals surface area contributed by atoms with Crippen LogP contribution >= 0.6 is 0 Å². The van der Waals surface area contributed by atoms with Crippen molar-refractivity contribution in [2.24, 2.45) is 0 Å². The van der Waals surface area contributed by atoms with Gasteiger partial charge in [0.2, 0.25) is 0 Å². The summed E-state index contributed by atoms with van der Waals surface area (Å²) in [7, 11) is 0. The number of amides is 1. The second kappa shape index (κ2) is 5.43. The van der Waals surface area contributed by atoms with Gasteiger partial charge in [-0.2, -0.15) is 0 Å². The third kappa shape index (κ3) is 5.67. The molecule has 0 bridgehead atoms. The van der Waals surface area contributed by atoms with Gasteiger partial charge in [-0.05, 0) is 34.6 Å². The lowest BCUT2D eigenvalue weighted by Gasteiger charge is -2.37. The van der Waals surface area contributed by atoms with Crippen molar-refractivity contribution in [2.75, 3.05) is 32.7 Å². The Morgan fingerprint density at radius 2 is 1.61 bits per heavy atom. The molecule has 1 saturated heterocycles. The van der Waals surface area contributed by atoms with Gasteiger partial charge in [0.1, 0.15) is 11.3 Å². The van der Waals surface area contributed by atoms with Crippen LogP contribution in [0.1, 0.15) is 34.6 Å². The maximum Gasteiger partial charge on any atom is 0.410 e. The van der Waals surface area contributed by atoms with Crippen LogP contribution in [-0.4, -0.2) is 59.9 Å². The summed E-state index contributed by atoms with van der Waals surface area (Å²) in [6, 6.07) is 0. The van der Waals surface area contributed by atoms with Crippen molar-refractivity contribution in [2.45, 2.75) is 45.9 Å². The first-order valence-corrected chi connectivity index (χ1v) is 6.46. The van der Waals surface area contributed by atoms with Crippen LogP contribution in [0.3, 0.4) is 0 Å². The first kappa shape index (κ1) is 15.2. The molecule has 1 amide bonds. The third-order valence-corrected chi connectivity index (χ3v) is 2.62. The average Bonchev–Trinajstić information content (AvgIpc) is 2.13. The second-order valence-corrected chi connectivity index (χ2v) is 6.46. The summed E-state index contributed by atoms with van der Waals surface area (Å²) in [5.41, 5.74) is -1.65. The first-order valence-electron chi connectivity index (χ1n) is 6.46. The number of nitrogens with zero attached hydrogens (tertiary/aromatic N) is 2. The standard InChI is InChI=1S/C13H25FN2O2/c1-12(2,3)18-11(17)16-8-6-15(7-9-16)10-13(4,5)14/h6-10H2,1-5H3. The lowest BCUT2D eigenvalue weighted by atomic mass is 10.1. The van der Waals surface area contributed by atoms with Gasteiger partial charge in [0, 0.05) is 32.7 Å². The second-order valence-electron chi connectivity index (χ2n) is 6.46. The minimum absolute atomic E-state index is 0.276. The van der Waals surface area contributed by atoms with E-state index in [1.807, 2.05) is 25.7 Å². The smallest absolute Gasteiger partial charge is 0.410 e. The molecule has 4 nitrogen and oxygen atoms in total. The van der Waals surface area contributed by atoms with E-state index in [0.29, 0.717) is 32.7 Å². The number of rotatable bonds is 2. The van der Waals surface area contributed by atoms with Gasteiger partial charge >= 0.3 is 6.09 Å². The van der Waals surface area contributed by atoms with Crippen LogP contribution in [0, 0.1) is 0 Å². The number of alkyl halides is 1. The molecular weight excluding hydrogens is 235 g/mol. The van der Waals surface area contributed by atoms with Gasteiger partial charge in [0.25, 0.3) is 0 Å². The third-order valence-electron chi connectivity index (χ3n) is 2.62. The Bertz CT molecular complexity index is 286. The molecule has 1 aliphatic rings. The van der Waals surface area contributed by atoms with Crippen molar-refractivity contribution in [1.82, 2.24) is 9.80 Å². The fourth-order valence-electron chi connectivity index (χ4n) is 1.95. The molecule has 1 fully saturated rings. The Morgan fingerprint density at radius 1 is 1.11 bits per heavy atom. The lowest BCUT2D eigenvalue weighted by Crippen LogP contribution is -2.52. The van der Waals surface area contributed by atoms with Crippen LogP contribution in [0.4, 0.5) is 9.18 Å². The minimum Gasteiger partial charge on any atom is -0.444 e. The van der Waals surface area contributed by atoms with E-state index in [1.165, 1.54) is 0 Å². The predicted octanol–water partition coefficient (Wildman–Crippen LogP) is 2.29. The zero-order valence-electron chi connectivity index (χ0n) is 12.1. The Kier molecular flexibility index (Phi) is 4.59. The van der Waals surface area contributed by atoms with Crippen LogP contribution < -0.4 is 0 Å². The molecule has 5 heteroatoms. The summed E-state index contributed by atoms with van der Waals surface area (Å²) >= 11 is 0. The van der Waals surface area contributed by atoms with Crippen LogP contribution in [0.2, 0.25) is 0 Å². The minimum atomic E-state index is -1.19. The predicted molar refractivity (Wildman–Crippen MR) is 69.4 cm³/mol. The highest BCUT2D eigenvalue weighted by molar-refractivity contribution is 5.68. The Balaban J connectivity index is 2.37. The summed E-state index contributed by atoms with van der Waals surface area (Å²) in [6.07, 6.45) is -0.276. The molecule has 1 aliphatic heterocycles. The molecule has 0 aromatic heterocycles. The number of carbonyl (C=O) groups excluding carboxylic acids is 1. The largest absolute Gasteiger partial charge is 0.444 e. The lowest BCUT2D eigenvalue weighted by molar-refractivity contribution is 0.0100. The SMILES string of the molecule is CC(C)(F)CN1CCN(C(=O)OC(C)(C)C)CC1. The van der Waals surface area contributed by atoms with Gasteiger partial charge < -0.3 is 9.64 Å². The fourth-order valence-corrected chi connectivity index (χ4v) is 1.95. The van der Waals surface area contributed by atoms with Crippen molar-refractivity contribution in [3.8, 4) is 0 Å². The maximum absolute atomic E-state index is 13.5. The van der Waals surface area contributed by atoms with Crippen LogP contribution in [-0.2, 0) is 4.74 Å². The molecule has 18 heavy (non-hydrogen) atoms. The van der Waals surface area contributed by atoms with E-state index in [-0.39, 0.29) is 6.09 Å². The van der Waals surface area contributed by atoms with E-state index in [4.69, 9.17) is 4.74 Å². The molecule has 0 atom stereocenters. The number of halogens is 1. The van der Waals surface area contributed by atoms with Crippen LogP contribution in [0.5, 0.6) is 0 Å². The van der Waals surface area contributed by atoms with Gasteiger partial charge in [-0.25, -0.2) is 9.18 Å². The molecule has 106 valence electrons. The fraction of sp³-hybridized carbons (Fsp3) is 0.923. The normalized spacial score (nSPS) is 18.9. The molecule has 0 spiro atoms. The van der Waals surface area contributed by atoms with Crippen LogP contribution in [0.15, 0.2) is 0 Å². The number of hydrogen-bond donors (Lipinski definition) is 0. The number of piperazine rings is 1. The summed E-state index contributed by atoms with van der Waals surface area (Å²) in [6.45, 7) is 11.7.